The highest BCUT2D eigenvalue weighted by Crippen LogP contribution is 2.18. The first kappa shape index (κ1) is 17.9. The summed E-state index contributed by atoms with van der Waals surface area (Å²) in [6.07, 6.45) is 2.84. The summed E-state index contributed by atoms with van der Waals surface area (Å²) in [5, 5.41) is 12.8. The van der Waals surface area contributed by atoms with E-state index in [2.05, 4.69) is 16.4 Å². The third-order valence-corrected chi connectivity index (χ3v) is 4.08. The Morgan fingerprint density at radius 2 is 2.04 bits per heavy atom. The molecule has 0 unspecified atom stereocenters. The highest BCUT2D eigenvalue weighted by atomic mass is 19.1. The summed E-state index contributed by atoms with van der Waals surface area (Å²) in [5.74, 6) is -0.881. The fourth-order valence-corrected chi connectivity index (χ4v) is 2.73. The molecule has 2 aromatic carbocycles. The Morgan fingerprint density at radius 3 is 2.85 bits per heavy atom. The van der Waals surface area contributed by atoms with Gasteiger partial charge in [-0.15, -0.1) is 0 Å². The van der Waals surface area contributed by atoms with E-state index in [1.54, 1.807) is 12.1 Å². The molecule has 0 atom stereocenters. The number of para-hydroxylation sites is 1. The number of hydrogen-bond acceptors (Lipinski definition) is 4. The van der Waals surface area contributed by atoms with Gasteiger partial charge < -0.3 is 15.0 Å². The molecule has 3 rings (SSSR count). The van der Waals surface area contributed by atoms with E-state index >= 15 is 0 Å². The number of carbonyl (C=O) groups is 1. The molecule has 26 heavy (non-hydrogen) atoms. The molecule has 0 bridgehead atoms. The molecule has 0 aliphatic heterocycles. The van der Waals surface area contributed by atoms with E-state index < -0.39 is 11.7 Å². The van der Waals surface area contributed by atoms with Gasteiger partial charge in [-0.3, -0.25) is 10.0 Å². The molecule has 0 radical (unpaired) electrons. The lowest BCUT2D eigenvalue weighted by molar-refractivity contribution is -0.131. The van der Waals surface area contributed by atoms with Crippen molar-refractivity contribution in [1.29, 1.82) is 0 Å². The van der Waals surface area contributed by atoms with Crippen molar-refractivity contribution < 1.29 is 19.1 Å². The number of amides is 1. The van der Waals surface area contributed by atoms with Crippen molar-refractivity contribution in [2.45, 2.75) is 13.0 Å². The van der Waals surface area contributed by atoms with Crippen molar-refractivity contribution in [3.63, 3.8) is 0 Å². The number of halogens is 1. The molecule has 3 aromatic rings. The number of aromatic nitrogens is 1. The molecule has 6 nitrogen and oxygen atoms in total. The van der Waals surface area contributed by atoms with E-state index in [4.69, 9.17) is 9.94 Å². The summed E-state index contributed by atoms with van der Waals surface area (Å²) in [4.78, 5) is 14.1. The molecule has 4 N–H and O–H groups in total. The van der Waals surface area contributed by atoms with Gasteiger partial charge in [0.05, 0.1) is 0 Å². The van der Waals surface area contributed by atoms with Gasteiger partial charge in [0.15, 0.2) is 6.61 Å². The maximum atomic E-state index is 14.1. The smallest absolute Gasteiger partial charge is 0.281 e. The van der Waals surface area contributed by atoms with Crippen molar-refractivity contribution in [3.8, 4) is 5.75 Å². The summed E-state index contributed by atoms with van der Waals surface area (Å²) < 4.78 is 19.2. The van der Waals surface area contributed by atoms with Crippen LogP contribution in [0.5, 0.6) is 5.75 Å². The molecule has 136 valence electrons. The van der Waals surface area contributed by atoms with E-state index in [9.17, 15) is 9.18 Å². The fraction of sp³-hybridized carbons (Fsp3) is 0.211. The average molecular weight is 357 g/mol. The van der Waals surface area contributed by atoms with Crippen LogP contribution in [0.1, 0.15) is 11.1 Å². The Labute approximate surface area is 149 Å². The number of ether oxygens (including phenoxy) is 1. The van der Waals surface area contributed by atoms with Crippen LogP contribution >= 0.6 is 0 Å². The third-order valence-electron chi connectivity index (χ3n) is 4.08. The fourth-order valence-electron chi connectivity index (χ4n) is 2.73. The minimum Gasteiger partial charge on any atom is -0.484 e. The van der Waals surface area contributed by atoms with E-state index in [0.29, 0.717) is 12.1 Å². The van der Waals surface area contributed by atoms with Gasteiger partial charge in [0.25, 0.3) is 5.91 Å². The topological polar surface area (TPSA) is 86.4 Å². The van der Waals surface area contributed by atoms with E-state index in [1.807, 2.05) is 24.4 Å². The van der Waals surface area contributed by atoms with Crippen LogP contribution in [0.2, 0.25) is 0 Å². The lowest BCUT2D eigenvalue weighted by Crippen LogP contribution is -2.25. The highest BCUT2D eigenvalue weighted by molar-refractivity contribution is 5.83. The maximum Gasteiger partial charge on any atom is 0.281 e. The molecule has 0 aliphatic carbocycles. The van der Waals surface area contributed by atoms with Crippen LogP contribution in [-0.4, -0.2) is 29.3 Å². The van der Waals surface area contributed by atoms with Crippen LogP contribution < -0.4 is 15.5 Å². The van der Waals surface area contributed by atoms with Crippen LogP contribution in [0.3, 0.4) is 0 Å². The SMILES string of the molecule is O=C(COc1ccc(CNCCc2c[nH]c3ccccc23)c(F)c1)NO. The van der Waals surface area contributed by atoms with Crippen LogP contribution in [-0.2, 0) is 17.8 Å². The zero-order valence-electron chi connectivity index (χ0n) is 14.1. The molecular formula is C19H20FN3O3. The Balaban J connectivity index is 1.49. The molecule has 0 fully saturated rings. The predicted octanol–water partition coefficient (Wildman–Crippen LogP) is 2.52. The van der Waals surface area contributed by atoms with Gasteiger partial charge in [0, 0.05) is 35.3 Å². The van der Waals surface area contributed by atoms with Gasteiger partial charge in [0.2, 0.25) is 0 Å². The number of fused-ring (bicyclic) bond motifs is 1. The Bertz CT molecular complexity index is 895. The van der Waals surface area contributed by atoms with Gasteiger partial charge >= 0.3 is 0 Å². The molecule has 1 heterocycles. The number of rotatable bonds is 8. The maximum absolute atomic E-state index is 14.1. The van der Waals surface area contributed by atoms with Gasteiger partial charge in [-0.1, -0.05) is 24.3 Å². The summed E-state index contributed by atoms with van der Waals surface area (Å²) in [6.45, 7) is 0.736. The quantitative estimate of drug-likeness (QED) is 0.283. The van der Waals surface area contributed by atoms with Gasteiger partial charge in [-0.2, -0.15) is 0 Å². The van der Waals surface area contributed by atoms with E-state index in [-0.39, 0.29) is 12.4 Å². The lowest BCUT2D eigenvalue weighted by Gasteiger charge is -2.09. The van der Waals surface area contributed by atoms with E-state index in [1.165, 1.54) is 22.5 Å². The highest BCUT2D eigenvalue weighted by Gasteiger charge is 2.07. The molecule has 0 spiro atoms. The van der Waals surface area contributed by atoms with Crippen LogP contribution in [0, 0.1) is 5.82 Å². The van der Waals surface area contributed by atoms with Crippen molar-refractivity contribution in [3.05, 3.63) is 65.6 Å². The Morgan fingerprint density at radius 1 is 1.19 bits per heavy atom. The Kier molecular flexibility index (Phi) is 5.83. The first-order chi connectivity index (χ1) is 12.7. The number of H-pyrrole nitrogens is 1. The molecule has 0 saturated carbocycles. The largest absolute Gasteiger partial charge is 0.484 e. The predicted molar refractivity (Wildman–Crippen MR) is 95.5 cm³/mol. The normalized spacial score (nSPS) is 10.8. The molecule has 1 aromatic heterocycles. The van der Waals surface area contributed by atoms with Crippen molar-refractivity contribution in [1.82, 2.24) is 15.8 Å². The summed E-state index contributed by atoms with van der Waals surface area (Å²) in [6, 6.07) is 12.5. The zero-order chi connectivity index (χ0) is 18.4. The molecule has 7 heteroatoms. The number of benzene rings is 2. The standard InChI is InChI=1S/C19H20FN3O3/c20-17-9-15(26-12-19(24)23-25)6-5-14(17)10-21-8-7-13-11-22-18-4-2-1-3-16(13)18/h1-6,9,11,21-22,25H,7-8,10,12H2,(H,23,24). The van der Waals surface area contributed by atoms with Crippen molar-refractivity contribution >= 4 is 16.8 Å². The third kappa shape index (κ3) is 4.38. The average Bonchev–Trinajstić information content (AvgIpc) is 3.07. The number of hydrogen-bond donors (Lipinski definition) is 4. The zero-order valence-corrected chi connectivity index (χ0v) is 14.1. The first-order valence-corrected chi connectivity index (χ1v) is 8.27. The molecule has 0 aliphatic rings. The number of carbonyl (C=O) groups excluding carboxylic acids is 1. The Hall–Kier alpha value is -2.90. The van der Waals surface area contributed by atoms with Gasteiger partial charge in [0.1, 0.15) is 11.6 Å². The van der Waals surface area contributed by atoms with Crippen molar-refractivity contribution in [2.24, 2.45) is 0 Å². The van der Waals surface area contributed by atoms with Gasteiger partial charge in [-0.05, 0) is 30.7 Å². The first-order valence-electron chi connectivity index (χ1n) is 8.27. The second kappa shape index (κ2) is 8.46. The molecule has 1 amide bonds. The second-order valence-electron chi connectivity index (χ2n) is 5.86. The monoisotopic (exact) mass is 357 g/mol. The van der Waals surface area contributed by atoms with Crippen LogP contribution in [0.15, 0.2) is 48.7 Å². The molecule has 0 saturated heterocycles. The van der Waals surface area contributed by atoms with Crippen LogP contribution in [0.25, 0.3) is 10.9 Å². The van der Waals surface area contributed by atoms with E-state index in [0.717, 1.165) is 18.5 Å². The van der Waals surface area contributed by atoms with Crippen molar-refractivity contribution in [2.75, 3.05) is 13.2 Å². The number of nitrogens with one attached hydrogen (secondary N) is 3. The van der Waals surface area contributed by atoms with Crippen LogP contribution in [0.4, 0.5) is 4.39 Å². The number of aromatic amines is 1. The summed E-state index contributed by atoms with van der Waals surface area (Å²) in [7, 11) is 0. The minimum absolute atomic E-state index is 0.230. The second-order valence-corrected chi connectivity index (χ2v) is 5.86. The lowest BCUT2D eigenvalue weighted by atomic mass is 10.1. The minimum atomic E-state index is -0.701. The number of hydroxylamine groups is 1. The summed E-state index contributed by atoms with van der Waals surface area (Å²) >= 11 is 0. The summed E-state index contributed by atoms with van der Waals surface area (Å²) in [5.41, 5.74) is 4.30. The molecular weight excluding hydrogens is 337 g/mol. The van der Waals surface area contributed by atoms with Gasteiger partial charge in [-0.25, -0.2) is 9.87 Å².